The summed E-state index contributed by atoms with van der Waals surface area (Å²) < 4.78 is 6.16. The van der Waals surface area contributed by atoms with Crippen LogP contribution in [0.15, 0.2) is 15.8 Å². The Labute approximate surface area is 100 Å². The number of nitrogens with one attached hydrogen (secondary N) is 1. The third kappa shape index (κ3) is 2.07. The molecule has 0 radical (unpaired) electrons. The van der Waals surface area contributed by atoms with E-state index in [4.69, 9.17) is 9.84 Å². The number of aliphatic hydroxyl groups excluding tert-OH is 1. The summed E-state index contributed by atoms with van der Waals surface area (Å²) in [7, 11) is 0. The average molecular weight is 256 g/mol. The zero-order valence-corrected chi connectivity index (χ0v) is 9.49. The van der Waals surface area contributed by atoms with Gasteiger partial charge in [0.2, 0.25) is 0 Å². The molecule has 2 rings (SSSR count). The first-order chi connectivity index (χ1) is 8.40. The fourth-order valence-corrected chi connectivity index (χ4v) is 1.85. The van der Waals surface area contributed by atoms with Crippen LogP contribution in [0.3, 0.4) is 0 Å². The van der Waals surface area contributed by atoms with Gasteiger partial charge in [-0.15, -0.1) is 0 Å². The number of aromatic amines is 1. The Balaban J connectivity index is 2.35. The van der Waals surface area contributed by atoms with E-state index in [1.165, 1.54) is 13.1 Å². The van der Waals surface area contributed by atoms with Gasteiger partial charge in [0.1, 0.15) is 6.23 Å². The van der Waals surface area contributed by atoms with Gasteiger partial charge in [-0.05, 0) is 6.92 Å². The Morgan fingerprint density at radius 1 is 1.56 bits per heavy atom. The van der Waals surface area contributed by atoms with Crippen LogP contribution in [0.4, 0.5) is 0 Å². The van der Waals surface area contributed by atoms with Crippen molar-refractivity contribution in [3.8, 4) is 0 Å². The number of aliphatic hydroxyl groups is 1. The van der Waals surface area contributed by atoms with Gasteiger partial charge in [-0.2, -0.15) is 0 Å². The zero-order valence-electron chi connectivity index (χ0n) is 9.49. The molecule has 18 heavy (non-hydrogen) atoms. The van der Waals surface area contributed by atoms with Crippen LogP contribution < -0.4 is 11.2 Å². The number of aryl methyl sites for hydroxylation is 1. The lowest BCUT2D eigenvalue weighted by molar-refractivity contribution is -0.155. The number of ether oxygens (including phenoxy) is 1. The standard InChI is InChI=1S/C10H12N2O6/c1-4-3-12(10(17)11-8(4)14)6-2-5(13)7(18-6)9(15)16/h3,5-7,13H,2H2,1H3,(H,15,16)(H,11,14,17)/t5?,6-,7+/m0/s1. The van der Waals surface area contributed by atoms with Crippen molar-refractivity contribution in [3.05, 3.63) is 32.6 Å². The summed E-state index contributed by atoms with van der Waals surface area (Å²) in [6.07, 6.45) is -2.20. The van der Waals surface area contributed by atoms with Crippen LogP contribution in [0, 0.1) is 6.92 Å². The van der Waals surface area contributed by atoms with E-state index in [2.05, 4.69) is 4.98 Å². The van der Waals surface area contributed by atoms with E-state index in [0.29, 0.717) is 5.56 Å². The number of carbonyl (C=O) groups is 1. The number of rotatable bonds is 2. The van der Waals surface area contributed by atoms with Crippen molar-refractivity contribution in [1.29, 1.82) is 0 Å². The number of nitrogens with zero attached hydrogens (tertiary/aromatic N) is 1. The van der Waals surface area contributed by atoms with Gasteiger partial charge in [-0.3, -0.25) is 14.3 Å². The fourth-order valence-electron chi connectivity index (χ4n) is 1.85. The molecule has 3 atom stereocenters. The van der Waals surface area contributed by atoms with Crippen LogP contribution >= 0.6 is 0 Å². The van der Waals surface area contributed by atoms with E-state index < -0.39 is 35.7 Å². The summed E-state index contributed by atoms with van der Waals surface area (Å²) in [5.74, 6) is -1.29. The van der Waals surface area contributed by atoms with Gasteiger partial charge in [0, 0.05) is 18.2 Å². The molecule has 2 heterocycles. The van der Waals surface area contributed by atoms with Gasteiger partial charge < -0.3 is 14.9 Å². The summed E-state index contributed by atoms with van der Waals surface area (Å²) >= 11 is 0. The molecule has 0 spiro atoms. The van der Waals surface area contributed by atoms with Gasteiger partial charge in [-0.1, -0.05) is 0 Å². The SMILES string of the molecule is Cc1cn([C@@H]2CC(O)[C@H](C(=O)O)O2)c(=O)[nH]c1=O. The highest BCUT2D eigenvalue weighted by molar-refractivity contribution is 5.73. The highest BCUT2D eigenvalue weighted by atomic mass is 16.6. The van der Waals surface area contributed by atoms with Crippen molar-refractivity contribution in [2.45, 2.75) is 31.8 Å². The Hall–Kier alpha value is -1.93. The van der Waals surface area contributed by atoms with Crippen molar-refractivity contribution in [2.75, 3.05) is 0 Å². The first kappa shape index (κ1) is 12.5. The Kier molecular flexibility index (Phi) is 3.05. The second-order valence-electron chi connectivity index (χ2n) is 4.13. The van der Waals surface area contributed by atoms with Crippen LogP contribution in [0.25, 0.3) is 0 Å². The highest BCUT2D eigenvalue weighted by Gasteiger charge is 2.40. The summed E-state index contributed by atoms with van der Waals surface area (Å²) in [5, 5.41) is 18.3. The van der Waals surface area contributed by atoms with Crippen LogP contribution in [-0.4, -0.2) is 37.9 Å². The zero-order chi connectivity index (χ0) is 13.4. The van der Waals surface area contributed by atoms with Gasteiger partial charge in [0.25, 0.3) is 5.56 Å². The molecule has 1 aliphatic heterocycles. The molecule has 0 amide bonds. The molecule has 0 bridgehead atoms. The summed E-state index contributed by atoms with van der Waals surface area (Å²) in [5.41, 5.74) is -0.912. The molecule has 1 aromatic rings. The van der Waals surface area contributed by atoms with Gasteiger partial charge in [-0.25, -0.2) is 9.59 Å². The van der Waals surface area contributed by atoms with Crippen LogP contribution in [0.2, 0.25) is 0 Å². The van der Waals surface area contributed by atoms with Crippen molar-refractivity contribution >= 4 is 5.97 Å². The number of hydrogen-bond acceptors (Lipinski definition) is 5. The molecule has 1 saturated heterocycles. The van der Waals surface area contributed by atoms with E-state index in [-0.39, 0.29) is 6.42 Å². The van der Waals surface area contributed by atoms with Gasteiger partial charge >= 0.3 is 11.7 Å². The van der Waals surface area contributed by atoms with Crippen molar-refractivity contribution in [2.24, 2.45) is 0 Å². The number of aliphatic carboxylic acids is 1. The van der Waals surface area contributed by atoms with E-state index in [1.807, 2.05) is 0 Å². The fraction of sp³-hybridized carbons (Fsp3) is 0.500. The molecular formula is C10H12N2O6. The quantitative estimate of drug-likeness (QED) is 0.597. The van der Waals surface area contributed by atoms with Crippen LogP contribution in [0.5, 0.6) is 0 Å². The van der Waals surface area contributed by atoms with E-state index >= 15 is 0 Å². The number of carboxylic acid groups (broad SMARTS) is 1. The van der Waals surface area contributed by atoms with Crippen LogP contribution in [-0.2, 0) is 9.53 Å². The molecular weight excluding hydrogens is 244 g/mol. The predicted octanol–water partition coefficient (Wildman–Crippen LogP) is -1.42. The minimum absolute atomic E-state index is 0.0254. The third-order valence-electron chi connectivity index (χ3n) is 2.80. The Morgan fingerprint density at radius 3 is 2.78 bits per heavy atom. The number of H-pyrrole nitrogens is 1. The summed E-state index contributed by atoms with van der Waals surface area (Å²) in [4.78, 5) is 35.6. The lowest BCUT2D eigenvalue weighted by Gasteiger charge is -2.13. The molecule has 1 aromatic heterocycles. The molecule has 1 aliphatic rings. The topological polar surface area (TPSA) is 122 Å². The molecule has 1 fully saturated rings. The summed E-state index contributed by atoms with van der Waals surface area (Å²) in [6, 6.07) is 0. The first-order valence-corrected chi connectivity index (χ1v) is 5.28. The maximum atomic E-state index is 11.6. The monoisotopic (exact) mass is 256 g/mol. The molecule has 0 aromatic carbocycles. The summed E-state index contributed by atoms with van der Waals surface area (Å²) in [6.45, 7) is 1.51. The van der Waals surface area contributed by atoms with E-state index in [0.717, 1.165) is 4.57 Å². The highest BCUT2D eigenvalue weighted by Crippen LogP contribution is 2.27. The average Bonchev–Trinajstić information content (AvgIpc) is 2.65. The Bertz CT molecular complexity index is 589. The normalized spacial score (nSPS) is 27.3. The molecule has 3 N–H and O–H groups in total. The predicted molar refractivity (Wildman–Crippen MR) is 58.2 cm³/mol. The second kappa shape index (κ2) is 4.39. The minimum Gasteiger partial charge on any atom is -0.479 e. The van der Waals surface area contributed by atoms with Gasteiger partial charge in [0.05, 0.1) is 6.10 Å². The lowest BCUT2D eigenvalue weighted by Crippen LogP contribution is -2.34. The Morgan fingerprint density at radius 2 is 2.22 bits per heavy atom. The molecule has 8 nitrogen and oxygen atoms in total. The van der Waals surface area contributed by atoms with Crippen molar-refractivity contribution < 1.29 is 19.7 Å². The van der Waals surface area contributed by atoms with Crippen molar-refractivity contribution in [1.82, 2.24) is 9.55 Å². The van der Waals surface area contributed by atoms with Gasteiger partial charge in [0.15, 0.2) is 6.10 Å². The minimum atomic E-state index is -1.37. The van der Waals surface area contributed by atoms with Crippen LogP contribution in [0.1, 0.15) is 18.2 Å². The molecule has 1 unspecified atom stereocenters. The molecule has 8 heteroatoms. The smallest absolute Gasteiger partial charge is 0.335 e. The molecule has 0 aliphatic carbocycles. The molecule has 98 valence electrons. The second-order valence-corrected chi connectivity index (χ2v) is 4.13. The number of hydrogen-bond donors (Lipinski definition) is 3. The molecule has 0 saturated carbocycles. The van der Waals surface area contributed by atoms with E-state index in [1.54, 1.807) is 0 Å². The number of carboxylic acids is 1. The lowest BCUT2D eigenvalue weighted by atomic mass is 10.2. The third-order valence-corrected chi connectivity index (χ3v) is 2.80. The van der Waals surface area contributed by atoms with E-state index in [9.17, 15) is 19.5 Å². The van der Waals surface area contributed by atoms with Crippen molar-refractivity contribution in [3.63, 3.8) is 0 Å². The largest absolute Gasteiger partial charge is 0.479 e. The first-order valence-electron chi connectivity index (χ1n) is 5.28. The maximum Gasteiger partial charge on any atom is 0.335 e. The maximum absolute atomic E-state index is 11.6. The number of aromatic nitrogens is 2.